The number of rotatable bonds is 5. The van der Waals surface area contributed by atoms with E-state index in [1.54, 1.807) is 12.1 Å². The van der Waals surface area contributed by atoms with Crippen LogP contribution in [0.1, 0.15) is 42.6 Å². The normalized spacial score (nSPS) is 26.5. The first kappa shape index (κ1) is 19.7. The van der Waals surface area contributed by atoms with Crippen LogP contribution in [0.25, 0.3) is 5.57 Å². The molecule has 5 heteroatoms. The third-order valence-electron chi connectivity index (χ3n) is 6.91. The number of amides is 2. The Morgan fingerprint density at radius 1 is 0.935 bits per heavy atom. The summed E-state index contributed by atoms with van der Waals surface area (Å²) < 4.78 is 0. The summed E-state index contributed by atoms with van der Waals surface area (Å²) in [6.45, 7) is 4.51. The number of hydrogen-bond acceptors (Lipinski definition) is 4. The summed E-state index contributed by atoms with van der Waals surface area (Å²) in [5.41, 5.74) is 3.63. The highest BCUT2D eigenvalue weighted by molar-refractivity contribution is 6.14. The molecule has 0 spiro atoms. The number of imide groups is 1. The van der Waals surface area contributed by atoms with Crippen LogP contribution in [-0.2, 0) is 9.59 Å². The Hall–Kier alpha value is -3.21. The highest BCUT2D eigenvalue weighted by atomic mass is 16.2. The minimum Gasteiger partial charge on any atom is -0.352 e. The largest absolute Gasteiger partial charge is 0.352 e. The Balaban J connectivity index is 1.65. The van der Waals surface area contributed by atoms with E-state index in [-0.39, 0.29) is 23.6 Å². The maximum Gasteiger partial charge on any atom is 0.235 e. The molecule has 0 aliphatic carbocycles. The lowest BCUT2D eigenvalue weighted by atomic mass is 9.85. The number of carbonyl (C=O) groups excluding carboxylic acids is 3. The zero-order chi connectivity index (χ0) is 21.7. The lowest BCUT2D eigenvalue weighted by molar-refractivity contribution is -0.140. The molecule has 5 rings (SSSR count). The van der Waals surface area contributed by atoms with Crippen LogP contribution in [0.2, 0.25) is 0 Å². The Morgan fingerprint density at radius 2 is 1.61 bits per heavy atom. The van der Waals surface area contributed by atoms with Gasteiger partial charge >= 0.3 is 0 Å². The molecule has 5 nitrogen and oxygen atoms in total. The van der Waals surface area contributed by atoms with Gasteiger partial charge in [-0.05, 0) is 25.0 Å². The molecule has 0 aromatic heterocycles. The molecule has 3 heterocycles. The van der Waals surface area contributed by atoms with Gasteiger partial charge in [-0.3, -0.25) is 19.3 Å². The zero-order valence-electron chi connectivity index (χ0n) is 17.8. The smallest absolute Gasteiger partial charge is 0.235 e. The highest BCUT2D eigenvalue weighted by Gasteiger charge is 2.64. The van der Waals surface area contributed by atoms with Gasteiger partial charge in [-0.15, -0.1) is 0 Å². The molecule has 2 amide bonds. The van der Waals surface area contributed by atoms with Crippen molar-refractivity contribution in [2.45, 2.75) is 38.8 Å². The molecule has 158 valence electrons. The van der Waals surface area contributed by atoms with Crippen molar-refractivity contribution in [3.8, 4) is 0 Å². The second-order valence-electron chi connectivity index (χ2n) is 8.67. The van der Waals surface area contributed by atoms with E-state index >= 15 is 0 Å². The predicted octanol–water partition coefficient (Wildman–Crippen LogP) is 3.94. The van der Waals surface area contributed by atoms with E-state index in [1.165, 1.54) is 4.90 Å². The molecule has 31 heavy (non-hydrogen) atoms. The molecule has 4 atom stereocenters. The molecule has 3 aliphatic rings. The van der Waals surface area contributed by atoms with Gasteiger partial charge in [0.25, 0.3) is 0 Å². The fourth-order valence-electron chi connectivity index (χ4n) is 5.47. The fourth-order valence-corrected chi connectivity index (χ4v) is 5.47. The van der Waals surface area contributed by atoms with Gasteiger partial charge in [0.1, 0.15) is 6.04 Å². The number of anilines is 1. The van der Waals surface area contributed by atoms with E-state index in [9.17, 15) is 14.4 Å². The number of likely N-dealkylation sites (tertiary alicyclic amines) is 1. The Kier molecular flexibility index (Phi) is 4.77. The van der Waals surface area contributed by atoms with Gasteiger partial charge < -0.3 is 4.90 Å². The van der Waals surface area contributed by atoms with Crippen molar-refractivity contribution in [3.05, 3.63) is 71.8 Å². The lowest BCUT2D eigenvalue weighted by Gasteiger charge is -2.38. The first-order valence-electron chi connectivity index (χ1n) is 11.0. The van der Waals surface area contributed by atoms with Crippen LogP contribution in [-0.4, -0.2) is 41.1 Å². The van der Waals surface area contributed by atoms with Crippen LogP contribution in [0, 0.1) is 11.8 Å². The molecule has 0 radical (unpaired) electrons. The number of hydrogen-bond donors (Lipinski definition) is 0. The van der Waals surface area contributed by atoms with E-state index in [1.807, 2.05) is 61.2 Å². The number of fused-ring (bicyclic) bond motifs is 5. The van der Waals surface area contributed by atoms with Crippen LogP contribution in [0.3, 0.4) is 0 Å². The first-order valence-corrected chi connectivity index (χ1v) is 11.0. The molecule has 0 N–H and O–H groups in total. The van der Waals surface area contributed by atoms with Crippen LogP contribution in [0.5, 0.6) is 0 Å². The molecular weight excluding hydrogens is 388 g/mol. The average molecular weight is 415 g/mol. The summed E-state index contributed by atoms with van der Waals surface area (Å²) in [5, 5.41) is 0. The number of Topliss-reactive ketones (excluding diaryl/α,β-unsaturated/α-hetero) is 1. The predicted molar refractivity (Wildman–Crippen MR) is 120 cm³/mol. The third-order valence-corrected chi connectivity index (χ3v) is 6.91. The monoisotopic (exact) mass is 414 g/mol. The Bertz CT molecular complexity index is 1090. The number of para-hydroxylation sites is 1. The summed E-state index contributed by atoms with van der Waals surface area (Å²) >= 11 is 0. The van der Waals surface area contributed by atoms with Gasteiger partial charge in [-0.25, -0.2) is 0 Å². The lowest BCUT2D eigenvalue weighted by Crippen LogP contribution is -2.49. The molecular formula is C26H26N2O3. The number of carbonyl (C=O) groups is 3. The SMILES string of the molecule is CCCCN1C(=O)[C@@H]2[C@H](C1=O)[C@H]1C=C(C)c3ccccc3N1[C@H]2C(=O)c1ccccc1. The first-order chi connectivity index (χ1) is 15.0. The zero-order valence-corrected chi connectivity index (χ0v) is 17.8. The summed E-state index contributed by atoms with van der Waals surface area (Å²) in [7, 11) is 0. The van der Waals surface area contributed by atoms with Crippen molar-refractivity contribution in [1.29, 1.82) is 0 Å². The van der Waals surface area contributed by atoms with Crippen LogP contribution >= 0.6 is 0 Å². The third kappa shape index (κ3) is 2.87. The quantitative estimate of drug-likeness (QED) is 0.549. The number of nitrogens with zero attached hydrogens (tertiary/aromatic N) is 2. The number of benzene rings is 2. The van der Waals surface area contributed by atoms with E-state index in [4.69, 9.17) is 0 Å². The van der Waals surface area contributed by atoms with Gasteiger partial charge in [0.2, 0.25) is 11.8 Å². The molecule has 2 saturated heterocycles. The minimum atomic E-state index is -0.689. The summed E-state index contributed by atoms with van der Waals surface area (Å²) in [5.74, 6) is -1.61. The number of ketones is 1. The summed E-state index contributed by atoms with van der Waals surface area (Å²) in [6, 6.07) is 16.1. The van der Waals surface area contributed by atoms with Crippen LogP contribution in [0.15, 0.2) is 60.7 Å². The molecule has 2 fully saturated rings. The van der Waals surface area contributed by atoms with E-state index in [2.05, 4.69) is 6.08 Å². The van der Waals surface area contributed by atoms with Gasteiger partial charge in [0.15, 0.2) is 5.78 Å². The molecule has 2 aromatic rings. The average Bonchev–Trinajstić information content (AvgIpc) is 3.25. The number of unbranched alkanes of at least 4 members (excludes halogenated alkanes) is 1. The molecule has 0 bridgehead atoms. The highest BCUT2D eigenvalue weighted by Crippen LogP contribution is 2.50. The van der Waals surface area contributed by atoms with Crippen LogP contribution < -0.4 is 4.90 Å². The minimum absolute atomic E-state index is 0.0978. The topological polar surface area (TPSA) is 57.7 Å². The van der Waals surface area contributed by atoms with Crippen molar-refractivity contribution >= 4 is 28.9 Å². The van der Waals surface area contributed by atoms with E-state index in [0.29, 0.717) is 12.1 Å². The van der Waals surface area contributed by atoms with Gasteiger partial charge in [0, 0.05) is 23.4 Å². The van der Waals surface area contributed by atoms with E-state index in [0.717, 1.165) is 29.7 Å². The van der Waals surface area contributed by atoms with Crippen molar-refractivity contribution in [2.75, 3.05) is 11.4 Å². The molecule has 2 aromatic carbocycles. The fraction of sp³-hybridized carbons (Fsp3) is 0.346. The molecule has 0 saturated carbocycles. The maximum absolute atomic E-state index is 13.8. The maximum atomic E-state index is 13.8. The second kappa shape index (κ2) is 7.49. The summed E-state index contributed by atoms with van der Waals surface area (Å²) in [4.78, 5) is 44.1. The Morgan fingerprint density at radius 3 is 2.35 bits per heavy atom. The van der Waals surface area contributed by atoms with Crippen molar-refractivity contribution in [2.24, 2.45) is 11.8 Å². The van der Waals surface area contributed by atoms with Gasteiger partial charge in [-0.1, -0.05) is 68.0 Å². The van der Waals surface area contributed by atoms with Gasteiger partial charge in [-0.2, -0.15) is 0 Å². The van der Waals surface area contributed by atoms with Crippen molar-refractivity contribution in [3.63, 3.8) is 0 Å². The second-order valence-corrected chi connectivity index (χ2v) is 8.67. The van der Waals surface area contributed by atoms with Crippen molar-refractivity contribution in [1.82, 2.24) is 4.90 Å². The Labute approximate surface area is 182 Å². The van der Waals surface area contributed by atoms with Crippen molar-refractivity contribution < 1.29 is 14.4 Å². The number of allylic oxidation sites excluding steroid dienone is 1. The van der Waals surface area contributed by atoms with Crippen LogP contribution in [0.4, 0.5) is 5.69 Å². The van der Waals surface area contributed by atoms with E-state index < -0.39 is 17.9 Å². The standard InChI is InChI=1S/C26H26N2O3/c1-3-4-14-27-25(30)21-20-15-16(2)18-12-8-9-13-19(18)28(20)23(22(21)26(27)31)24(29)17-10-6-5-7-11-17/h5-13,15,20-23H,3-4,14H2,1-2H3/t20-,21-,22-,23-/m1/s1. The molecule has 0 unspecified atom stereocenters. The molecule has 3 aliphatic heterocycles. The summed E-state index contributed by atoms with van der Waals surface area (Å²) in [6.07, 6.45) is 3.76. The van der Waals surface area contributed by atoms with Gasteiger partial charge in [0.05, 0.1) is 17.9 Å².